The van der Waals surface area contributed by atoms with Crippen LogP contribution >= 0.6 is 11.3 Å². The third-order valence-electron chi connectivity index (χ3n) is 2.52. The van der Waals surface area contributed by atoms with Crippen molar-refractivity contribution in [2.75, 3.05) is 19.0 Å². The van der Waals surface area contributed by atoms with Gasteiger partial charge in [-0.3, -0.25) is 4.79 Å². The van der Waals surface area contributed by atoms with Gasteiger partial charge < -0.3 is 14.8 Å². The Morgan fingerprint density at radius 3 is 2.75 bits per heavy atom. The van der Waals surface area contributed by atoms with Gasteiger partial charge >= 0.3 is 5.97 Å². The summed E-state index contributed by atoms with van der Waals surface area (Å²) in [5.41, 5.74) is 1.63. The van der Waals surface area contributed by atoms with E-state index in [1.165, 1.54) is 11.3 Å². The lowest BCUT2D eigenvalue weighted by molar-refractivity contribution is -0.142. The molecule has 2 aromatic rings. The van der Waals surface area contributed by atoms with Crippen LogP contribution in [0.15, 0.2) is 29.6 Å². The zero-order valence-electron chi connectivity index (χ0n) is 11.4. The van der Waals surface area contributed by atoms with E-state index in [2.05, 4.69) is 10.3 Å². The van der Waals surface area contributed by atoms with Crippen LogP contribution in [-0.2, 0) is 16.0 Å². The molecule has 0 unspecified atom stereocenters. The van der Waals surface area contributed by atoms with Gasteiger partial charge in [0.15, 0.2) is 5.13 Å². The van der Waals surface area contributed by atoms with Gasteiger partial charge in [-0.05, 0) is 31.2 Å². The van der Waals surface area contributed by atoms with Gasteiger partial charge in [-0.2, -0.15) is 0 Å². The van der Waals surface area contributed by atoms with Crippen LogP contribution in [0.5, 0.6) is 5.75 Å². The minimum absolute atomic E-state index is 0.203. The Bertz CT molecular complexity index is 566. The first-order chi connectivity index (χ1) is 9.71. The van der Waals surface area contributed by atoms with E-state index in [9.17, 15) is 4.79 Å². The maximum atomic E-state index is 11.4. The number of rotatable bonds is 6. The Labute approximate surface area is 121 Å². The number of esters is 1. The highest BCUT2D eigenvalue weighted by molar-refractivity contribution is 7.13. The number of aromatic nitrogens is 1. The van der Waals surface area contributed by atoms with Crippen LogP contribution in [0.4, 0.5) is 10.8 Å². The third-order valence-corrected chi connectivity index (χ3v) is 3.33. The van der Waals surface area contributed by atoms with Gasteiger partial charge in [-0.15, -0.1) is 11.3 Å². The molecule has 1 heterocycles. The molecular formula is C14H16N2O3S. The number of carbonyl (C=O) groups excluding carboxylic acids is 1. The van der Waals surface area contributed by atoms with E-state index in [4.69, 9.17) is 9.47 Å². The molecule has 0 saturated heterocycles. The van der Waals surface area contributed by atoms with Crippen molar-refractivity contribution in [2.24, 2.45) is 0 Å². The van der Waals surface area contributed by atoms with Crippen LogP contribution in [-0.4, -0.2) is 24.7 Å². The lowest BCUT2D eigenvalue weighted by Gasteiger charge is -2.04. The van der Waals surface area contributed by atoms with Crippen molar-refractivity contribution >= 4 is 28.1 Å². The number of anilines is 2. The van der Waals surface area contributed by atoms with Crippen LogP contribution in [0.25, 0.3) is 0 Å². The van der Waals surface area contributed by atoms with E-state index < -0.39 is 0 Å². The maximum absolute atomic E-state index is 11.4. The van der Waals surface area contributed by atoms with Crippen molar-refractivity contribution in [2.45, 2.75) is 13.3 Å². The van der Waals surface area contributed by atoms with Gasteiger partial charge in [0.05, 0.1) is 25.8 Å². The van der Waals surface area contributed by atoms with Gasteiger partial charge in [0.25, 0.3) is 0 Å². The standard InChI is InChI=1S/C14H16N2O3S/c1-3-19-13(17)8-11-9-20-14(16-11)15-10-4-6-12(18-2)7-5-10/h4-7,9H,3,8H2,1-2H3,(H,15,16). The average Bonchev–Trinajstić information content (AvgIpc) is 2.87. The van der Waals surface area contributed by atoms with Gasteiger partial charge in [0.2, 0.25) is 0 Å². The first kappa shape index (κ1) is 14.3. The molecule has 6 heteroatoms. The molecule has 0 spiro atoms. The number of hydrogen-bond acceptors (Lipinski definition) is 6. The summed E-state index contributed by atoms with van der Waals surface area (Å²) in [6.07, 6.45) is 0.203. The number of nitrogens with one attached hydrogen (secondary N) is 1. The van der Waals surface area contributed by atoms with Gasteiger partial charge in [0, 0.05) is 11.1 Å². The summed E-state index contributed by atoms with van der Waals surface area (Å²) in [6, 6.07) is 7.56. The maximum Gasteiger partial charge on any atom is 0.311 e. The number of ether oxygens (including phenoxy) is 2. The molecule has 0 radical (unpaired) electrons. The lowest BCUT2D eigenvalue weighted by atomic mass is 10.3. The number of benzene rings is 1. The second-order valence-electron chi connectivity index (χ2n) is 3.98. The van der Waals surface area contributed by atoms with Crippen LogP contribution < -0.4 is 10.1 Å². The van der Waals surface area contributed by atoms with Crippen molar-refractivity contribution in [3.63, 3.8) is 0 Å². The summed E-state index contributed by atoms with van der Waals surface area (Å²) < 4.78 is 9.99. The Morgan fingerprint density at radius 1 is 1.35 bits per heavy atom. The predicted molar refractivity (Wildman–Crippen MR) is 78.7 cm³/mol. The first-order valence-corrected chi connectivity index (χ1v) is 7.10. The van der Waals surface area contributed by atoms with Gasteiger partial charge in [-0.25, -0.2) is 4.98 Å². The Kier molecular flexibility index (Phi) is 4.95. The molecule has 0 fully saturated rings. The van der Waals surface area contributed by atoms with Gasteiger partial charge in [0.1, 0.15) is 5.75 Å². The first-order valence-electron chi connectivity index (χ1n) is 6.22. The summed E-state index contributed by atoms with van der Waals surface area (Å²) in [4.78, 5) is 15.7. The quantitative estimate of drug-likeness (QED) is 0.829. The topological polar surface area (TPSA) is 60.5 Å². The van der Waals surface area contributed by atoms with Gasteiger partial charge in [-0.1, -0.05) is 0 Å². The van der Waals surface area contributed by atoms with Crippen molar-refractivity contribution in [3.05, 3.63) is 35.3 Å². The van der Waals surface area contributed by atoms with Crippen molar-refractivity contribution in [1.29, 1.82) is 0 Å². The van der Waals surface area contributed by atoms with Crippen molar-refractivity contribution in [1.82, 2.24) is 4.98 Å². The highest BCUT2D eigenvalue weighted by Gasteiger charge is 2.08. The van der Waals surface area contributed by atoms with E-state index in [1.807, 2.05) is 29.6 Å². The third kappa shape index (κ3) is 3.96. The second kappa shape index (κ2) is 6.91. The zero-order valence-corrected chi connectivity index (χ0v) is 12.2. The SMILES string of the molecule is CCOC(=O)Cc1csc(Nc2ccc(OC)cc2)n1. The van der Waals surface area contributed by atoms with Crippen LogP contribution in [0.1, 0.15) is 12.6 Å². The molecule has 0 aliphatic heterocycles. The summed E-state index contributed by atoms with van der Waals surface area (Å²) in [7, 11) is 1.63. The lowest BCUT2D eigenvalue weighted by Crippen LogP contribution is -2.07. The summed E-state index contributed by atoms with van der Waals surface area (Å²) >= 11 is 1.45. The predicted octanol–water partition coefficient (Wildman–Crippen LogP) is 3.00. The van der Waals surface area contributed by atoms with Crippen molar-refractivity contribution < 1.29 is 14.3 Å². The minimum atomic E-state index is -0.256. The molecule has 1 aromatic heterocycles. The average molecular weight is 292 g/mol. The van der Waals surface area contributed by atoms with E-state index in [0.29, 0.717) is 12.3 Å². The van der Waals surface area contributed by atoms with E-state index in [-0.39, 0.29) is 12.4 Å². The molecule has 0 aliphatic carbocycles. The monoisotopic (exact) mass is 292 g/mol. The molecule has 20 heavy (non-hydrogen) atoms. The summed E-state index contributed by atoms with van der Waals surface area (Å²) in [5, 5.41) is 5.78. The van der Waals surface area contributed by atoms with Crippen LogP contribution in [0.2, 0.25) is 0 Å². The normalized spacial score (nSPS) is 10.1. The summed E-state index contributed by atoms with van der Waals surface area (Å²) in [5.74, 6) is 0.548. The Morgan fingerprint density at radius 2 is 2.10 bits per heavy atom. The Hall–Kier alpha value is -2.08. The highest BCUT2D eigenvalue weighted by Crippen LogP contribution is 2.23. The molecule has 1 aromatic carbocycles. The van der Waals surface area contributed by atoms with E-state index in [1.54, 1.807) is 14.0 Å². The van der Waals surface area contributed by atoms with Crippen LogP contribution in [0, 0.1) is 0 Å². The fourth-order valence-electron chi connectivity index (χ4n) is 1.60. The number of methoxy groups -OCH3 is 1. The molecule has 0 atom stereocenters. The molecule has 0 saturated carbocycles. The molecule has 0 aliphatic rings. The highest BCUT2D eigenvalue weighted by atomic mass is 32.1. The fourth-order valence-corrected chi connectivity index (χ4v) is 2.33. The van der Waals surface area contributed by atoms with E-state index in [0.717, 1.165) is 16.6 Å². The number of carbonyl (C=O) groups is 1. The molecule has 106 valence electrons. The smallest absolute Gasteiger partial charge is 0.311 e. The Balaban J connectivity index is 1.96. The molecule has 5 nitrogen and oxygen atoms in total. The number of hydrogen-bond donors (Lipinski definition) is 1. The van der Waals surface area contributed by atoms with E-state index >= 15 is 0 Å². The summed E-state index contributed by atoms with van der Waals surface area (Å²) in [6.45, 7) is 2.18. The number of nitrogens with zero attached hydrogens (tertiary/aromatic N) is 1. The number of thiazole rings is 1. The molecular weight excluding hydrogens is 276 g/mol. The largest absolute Gasteiger partial charge is 0.497 e. The fraction of sp³-hybridized carbons (Fsp3) is 0.286. The van der Waals surface area contributed by atoms with Crippen LogP contribution in [0.3, 0.4) is 0 Å². The molecule has 2 rings (SSSR count). The molecule has 0 amide bonds. The minimum Gasteiger partial charge on any atom is -0.497 e. The molecule has 1 N–H and O–H groups in total. The molecule has 0 bridgehead atoms. The zero-order chi connectivity index (χ0) is 14.4. The van der Waals surface area contributed by atoms with Crippen molar-refractivity contribution in [3.8, 4) is 5.75 Å². The second-order valence-corrected chi connectivity index (χ2v) is 4.84.